The lowest BCUT2D eigenvalue weighted by Crippen LogP contribution is -2.41. The number of fused-ring (bicyclic) bond motifs is 1. The van der Waals surface area contributed by atoms with Crippen molar-refractivity contribution in [1.82, 2.24) is 5.32 Å². The lowest BCUT2D eigenvalue weighted by molar-refractivity contribution is 0.550. The van der Waals surface area contributed by atoms with E-state index in [4.69, 9.17) is 0 Å². The van der Waals surface area contributed by atoms with Gasteiger partial charge in [-0.15, -0.1) is 6.58 Å². The van der Waals surface area contributed by atoms with Crippen LogP contribution in [-0.2, 0) is 6.42 Å². The highest BCUT2D eigenvalue weighted by Gasteiger charge is 2.21. The van der Waals surface area contributed by atoms with Crippen LogP contribution < -0.4 is 10.2 Å². The normalized spacial score (nSPS) is 18.9. The first kappa shape index (κ1) is 12.2. The summed E-state index contributed by atoms with van der Waals surface area (Å²) in [6.07, 6.45) is 4.39. The lowest BCUT2D eigenvalue weighted by atomic mass is 9.97. The number of nitrogens with zero attached hydrogens (tertiary/aromatic N) is 1. The number of anilines is 1. The molecule has 0 fully saturated rings. The van der Waals surface area contributed by atoms with Crippen molar-refractivity contribution in [2.75, 3.05) is 24.5 Å². The Morgan fingerprint density at radius 1 is 1.47 bits per heavy atom. The molecule has 1 heterocycles. The van der Waals surface area contributed by atoms with Gasteiger partial charge in [-0.05, 0) is 31.4 Å². The van der Waals surface area contributed by atoms with Gasteiger partial charge in [0.15, 0.2) is 0 Å². The van der Waals surface area contributed by atoms with E-state index >= 15 is 0 Å². The first-order valence-corrected chi connectivity index (χ1v) is 6.49. The third-order valence-electron chi connectivity index (χ3n) is 3.48. The standard InChI is InChI=1S/C15H22N2/c1-3-10-16-11-12-17-13(2)8-9-14-6-4-5-7-15(14)17/h3-7,13,16H,1,8-12H2,2H3. The molecule has 0 amide bonds. The Balaban J connectivity index is 2.02. The van der Waals surface area contributed by atoms with Crippen molar-refractivity contribution in [3.8, 4) is 0 Å². The molecule has 1 aliphatic heterocycles. The molecule has 2 nitrogen and oxygen atoms in total. The van der Waals surface area contributed by atoms with Gasteiger partial charge in [-0.2, -0.15) is 0 Å². The van der Waals surface area contributed by atoms with Crippen molar-refractivity contribution >= 4 is 5.69 Å². The van der Waals surface area contributed by atoms with Crippen LogP contribution in [0, 0.1) is 0 Å². The molecular weight excluding hydrogens is 208 g/mol. The molecule has 2 rings (SSSR count). The van der Waals surface area contributed by atoms with Crippen LogP contribution in [0.1, 0.15) is 18.9 Å². The van der Waals surface area contributed by atoms with Crippen molar-refractivity contribution in [3.05, 3.63) is 42.5 Å². The van der Waals surface area contributed by atoms with Gasteiger partial charge in [-0.25, -0.2) is 0 Å². The highest BCUT2D eigenvalue weighted by molar-refractivity contribution is 5.56. The second-order valence-electron chi connectivity index (χ2n) is 4.70. The number of benzene rings is 1. The fraction of sp³-hybridized carbons (Fsp3) is 0.467. The number of para-hydroxylation sites is 1. The molecule has 1 aromatic carbocycles. The van der Waals surface area contributed by atoms with Crippen molar-refractivity contribution in [1.29, 1.82) is 0 Å². The smallest absolute Gasteiger partial charge is 0.0401 e. The molecule has 0 saturated heterocycles. The van der Waals surface area contributed by atoms with E-state index in [1.807, 2.05) is 6.08 Å². The van der Waals surface area contributed by atoms with E-state index in [2.05, 4.69) is 48.0 Å². The summed E-state index contributed by atoms with van der Waals surface area (Å²) in [5, 5.41) is 3.37. The van der Waals surface area contributed by atoms with Crippen molar-refractivity contribution in [3.63, 3.8) is 0 Å². The zero-order chi connectivity index (χ0) is 12.1. The Labute approximate surface area is 104 Å². The summed E-state index contributed by atoms with van der Waals surface area (Å²) in [5.41, 5.74) is 2.92. The van der Waals surface area contributed by atoms with Crippen LogP contribution in [0.3, 0.4) is 0 Å². The second-order valence-corrected chi connectivity index (χ2v) is 4.70. The van der Waals surface area contributed by atoms with E-state index in [0.29, 0.717) is 6.04 Å². The quantitative estimate of drug-likeness (QED) is 0.618. The highest BCUT2D eigenvalue weighted by atomic mass is 15.2. The zero-order valence-electron chi connectivity index (χ0n) is 10.7. The van der Waals surface area contributed by atoms with Gasteiger partial charge >= 0.3 is 0 Å². The molecular formula is C15H22N2. The summed E-state index contributed by atoms with van der Waals surface area (Å²) >= 11 is 0. The second kappa shape index (κ2) is 5.87. The number of rotatable bonds is 5. The molecule has 0 radical (unpaired) electrons. The van der Waals surface area contributed by atoms with Gasteiger partial charge in [0.05, 0.1) is 0 Å². The molecule has 2 heteroatoms. The summed E-state index contributed by atoms with van der Waals surface area (Å²) in [4.78, 5) is 2.52. The molecule has 1 N–H and O–H groups in total. The van der Waals surface area contributed by atoms with Gasteiger partial charge in [0.1, 0.15) is 0 Å². The van der Waals surface area contributed by atoms with Crippen molar-refractivity contribution < 1.29 is 0 Å². The number of aryl methyl sites for hydroxylation is 1. The number of hydrogen-bond acceptors (Lipinski definition) is 2. The van der Waals surface area contributed by atoms with Crippen LogP contribution in [0.15, 0.2) is 36.9 Å². The van der Waals surface area contributed by atoms with Crippen LogP contribution in [0.2, 0.25) is 0 Å². The van der Waals surface area contributed by atoms with Crippen LogP contribution >= 0.6 is 0 Å². The van der Waals surface area contributed by atoms with Gasteiger partial charge in [0.2, 0.25) is 0 Å². The summed E-state index contributed by atoms with van der Waals surface area (Å²) in [7, 11) is 0. The average molecular weight is 230 g/mol. The Morgan fingerprint density at radius 3 is 3.12 bits per heavy atom. The minimum Gasteiger partial charge on any atom is -0.367 e. The molecule has 0 spiro atoms. The fourth-order valence-electron chi connectivity index (χ4n) is 2.50. The van der Waals surface area contributed by atoms with E-state index in [1.165, 1.54) is 24.1 Å². The van der Waals surface area contributed by atoms with Crippen LogP contribution in [-0.4, -0.2) is 25.7 Å². The Hall–Kier alpha value is -1.28. The maximum Gasteiger partial charge on any atom is 0.0401 e. The minimum absolute atomic E-state index is 0.649. The summed E-state index contributed by atoms with van der Waals surface area (Å²) in [5.74, 6) is 0. The lowest BCUT2D eigenvalue weighted by Gasteiger charge is -2.37. The largest absolute Gasteiger partial charge is 0.367 e. The zero-order valence-corrected chi connectivity index (χ0v) is 10.7. The van der Waals surface area contributed by atoms with Gasteiger partial charge in [-0.1, -0.05) is 24.3 Å². The maximum atomic E-state index is 3.72. The minimum atomic E-state index is 0.649. The average Bonchev–Trinajstić information content (AvgIpc) is 2.37. The van der Waals surface area contributed by atoms with Gasteiger partial charge in [-0.3, -0.25) is 0 Å². The van der Waals surface area contributed by atoms with Gasteiger partial charge < -0.3 is 10.2 Å². The Bertz CT molecular complexity index is 373. The summed E-state index contributed by atoms with van der Waals surface area (Å²) < 4.78 is 0. The molecule has 1 aromatic rings. The third-order valence-corrected chi connectivity index (χ3v) is 3.48. The van der Waals surface area contributed by atoms with E-state index in [0.717, 1.165) is 19.6 Å². The number of hydrogen-bond donors (Lipinski definition) is 1. The predicted molar refractivity (Wildman–Crippen MR) is 74.6 cm³/mol. The summed E-state index contributed by atoms with van der Waals surface area (Å²) in [6.45, 7) is 9.03. The fourth-order valence-corrected chi connectivity index (χ4v) is 2.50. The number of nitrogens with one attached hydrogen (secondary N) is 1. The monoisotopic (exact) mass is 230 g/mol. The topological polar surface area (TPSA) is 15.3 Å². The molecule has 17 heavy (non-hydrogen) atoms. The molecule has 0 bridgehead atoms. The van der Waals surface area contributed by atoms with Crippen LogP contribution in [0.4, 0.5) is 5.69 Å². The summed E-state index contributed by atoms with van der Waals surface area (Å²) in [6, 6.07) is 9.43. The molecule has 1 unspecified atom stereocenters. The molecule has 1 atom stereocenters. The first-order chi connectivity index (χ1) is 8.33. The van der Waals surface area contributed by atoms with E-state index in [1.54, 1.807) is 0 Å². The van der Waals surface area contributed by atoms with Crippen molar-refractivity contribution in [2.45, 2.75) is 25.8 Å². The maximum absolute atomic E-state index is 3.72. The van der Waals surface area contributed by atoms with Crippen LogP contribution in [0.25, 0.3) is 0 Å². The Kier molecular flexibility index (Phi) is 4.21. The molecule has 1 aliphatic rings. The third kappa shape index (κ3) is 2.89. The van der Waals surface area contributed by atoms with Gasteiger partial charge in [0.25, 0.3) is 0 Å². The van der Waals surface area contributed by atoms with Crippen LogP contribution in [0.5, 0.6) is 0 Å². The predicted octanol–water partition coefficient (Wildman–Crippen LogP) is 2.60. The first-order valence-electron chi connectivity index (χ1n) is 6.49. The SMILES string of the molecule is C=CCNCCN1c2ccccc2CCC1C. The van der Waals surface area contributed by atoms with Gasteiger partial charge in [0, 0.05) is 31.4 Å². The van der Waals surface area contributed by atoms with E-state index < -0.39 is 0 Å². The molecule has 0 saturated carbocycles. The molecule has 0 aromatic heterocycles. The van der Waals surface area contributed by atoms with E-state index in [9.17, 15) is 0 Å². The van der Waals surface area contributed by atoms with E-state index in [-0.39, 0.29) is 0 Å². The molecule has 0 aliphatic carbocycles. The molecule has 92 valence electrons. The Morgan fingerprint density at radius 2 is 2.29 bits per heavy atom. The highest BCUT2D eigenvalue weighted by Crippen LogP contribution is 2.29. The van der Waals surface area contributed by atoms with Crippen molar-refractivity contribution in [2.24, 2.45) is 0 Å².